The Morgan fingerprint density at radius 1 is 0.957 bits per heavy atom. The highest BCUT2D eigenvalue weighted by molar-refractivity contribution is 5.86. The molecule has 1 heterocycles. The average Bonchev–Trinajstić information content (AvgIpc) is 2.54. The van der Waals surface area contributed by atoms with E-state index >= 15 is 0 Å². The molecular weight excluding hydrogens is 339 g/mol. The zero-order chi connectivity index (χ0) is 15.1. The molecule has 1 saturated carbocycles. The van der Waals surface area contributed by atoms with E-state index in [2.05, 4.69) is 15.5 Å². The SMILES string of the molecule is Cl.Cl.NCC(=O)NCC(=O)NC1CCN(C2CCCCC2)CC1. The van der Waals surface area contributed by atoms with Gasteiger partial charge in [0.05, 0.1) is 13.1 Å². The first-order valence-electron chi connectivity index (χ1n) is 8.19. The van der Waals surface area contributed by atoms with Gasteiger partial charge in [0.15, 0.2) is 0 Å². The lowest BCUT2D eigenvalue weighted by molar-refractivity contribution is -0.126. The summed E-state index contributed by atoms with van der Waals surface area (Å²) in [6.45, 7) is 2.10. The quantitative estimate of drug-likeness (QED) is 0.670. The van der Waals surface area contributed by atoms with Crippen LogP contribution in [0.2, 0.25) is 0 Å². The Kier molecular flexibility index (Phi) is 11.6. The van der Waals surface area contributed by atoms with Crippen LogP contribution in [0, 0.1) is 0 Å². The summed E-state index contributed by atoms with van der Waals surface area (Å²) in [5.41, 5.74) is 5.18. The highest BCUT2D eigenvalue weighted by atomic mass is 35.5. The van der Waals surface area contributed by atoms with E-state index in [0.717, 1.165) is 32.0 Å². The molecule has 1 aliphatic heterocycles. The van der Waals surface area contributed by atoms with Gasteiger partial charge in [0.25, 0.3) is 0 Å². The first kappa shape index (κ1) is 22.4. The molecule has 2 fully saturated rings. The van der Waals surface area contributed by atoms with Crippen LogP contribution in [0.1, 0.15) is 44.9 Å². The topological polar surface area (TPSA) is 87.5 Å². The predicted octanol–water partition coefficient (Wildman–Crippen LogP) is 0.818. The fraction of sp³-hybridized carbons (Fsp3) is 0.867. The molecular formula is C15H30Cl2N4O2. The number of nitrogens with two attached hydrogens (primary N) is 1. The van der Waals surface area contributed by atoms with E-state index < -0.39 is 0 Å². The van der Waals surface area contributed by atoms with Crippen molar-refractivity contribution in [3.63, 3.8) is 0 Å². The molecule has 0 aromatic rings. The number of rotatable bonds is 5. The fourth-order valence-corrected chi connectivity index (χ4v) is 3.38. The summed E-state index contributed by atoms with van der Waals surface area (Å²) in [5.74, 6) is -0.412. The molecule has 0 aromatic carbocycles. The van der Waals surface area contributed by atoms with Crippen molar-refractivity contribution in [2.24, 2.45) is 5.73 Å². The van der Waals surface area contributed by atoms with Crippen LogP contribution in [-0.4, -0.2) is 55.0 Å². The van der Waals surface area contributed by atoms with Crippen LogP contribution in [0.4, 0.5) is 0 Å². The number of likely N-dealkylation sites (tertiary alicyclic amines) is 1. The minimum Gasteiger partial charge on any atom is -0.352 e. The molecule has 0 aromatic heterocycles. The molecule has 0 atom stereocenters. The number of halogens is 2. The maximum absolute atomic E-state index is 11.7. The van der Waals surface area contributed by atoms with E-state index in [0.29, 0.717) is 0 Å². The third-order valence-electron chi connectivity index (χ3n) is 4.62. The molecule has 1 aliphatic carbocycles. The molecule has 2 aliphatic rings. The summed E-state index contributed by atoms with van der Waals surface area (Å²) in [6, 6.07) is 1.01. The van der Waals surface area contributed by atoms with Crippen molar-refractivity contribution in [1.29, 1.82) is 0 Å². The summed E-state index contributed by atoms with van der Waals surface area (Å²) in [6.07, 6.45) is 8.80. The summed E-state index contributed by atoms with van der Waals surface area (Å²) in [7, 11) is 0. The minimum atomic E-state index is -0.294. The Morgan fingerprint density at radius 2 is 1.57 bits per heavy atom. The second-order valence-electron chi connectivity index (χ2n) is 6.15. The standard InChI is InChI=1S/C15H28N4O2.2ClH/c16-10-14(20)17-11-15(21)18-12-6-8-19(9-7-12)13-4-2-1-3-5-13;;/h12-13H,1-11,16H2,(H,17,20)(H,18,21);2*1H. The van der Waals surface area contributed by atoms with E-state index in [1.807, 2.05) is 0 Å². The van der Waals surface area contributed by atoms with Gasteiger partial charge < -0.3 is 21.3 Å². The van der Waals surface area contributed by atoms with Crippen LogP contribution in [-0.2, 0) is 9.59 Å². The number of hydrogen-bond acceptors (Lipinski definition) is 4. The first-order valence-corrected chi connectivity index (χ1v) is 8.19. The van der Waals surface area contributed by atoms with Crippen molar-refractivity contribution in [3.05, 3.63) is 0 Å². The maximum Gasteiger partial charge on any atom is 0.239 e. The molecule has 1 saturated heterocycles. The Morgan fingerprint density at radius 3 is 2.13 bits per heavy atom. The summed E-state index contributed by atoms with van der Waals surface area (Å²) < 4.78 is 0. The van der Waals surface area contributed by atoms with Gasteiger partial charge in [0.1, 0.15) is 0 Å². The Hall–Kier alpha value is -0.560. The zero-order valence-electron chi connectivity index (χ0n) is 13.6. The normalized spacial score (nSPS) is 20.0. The number of nitrogens with zero attached hydrogens (tertiary/aromatic N) is 1. The van der Waals surface area contributed by atoms with E-state index in [1.54, 1.807) is 0 Å². The van der Waals surface area contributed by atoms with Gasteiger partial charge in [-0.15, -0.1) is 24.8 Å². The van der Waals surface area contributed by atoms with E-state index in [-0.39, 0.29) is 55.8 Å². The van der Waals surface area contributed by atoms with Crippen LogP contribution >= 0.6 is 24.8 Å². The van der Waals surface area contributed by atoms with Crippen LogP contribution in [0.3, 0.4) is 0 Å². The first-order chi connectivity index (χ1) is 10.2. The Labute approximate surface area is 151 Å². The largest absolute Gasteiger partial charge is 0.352 e. The van der Waals surface area contributed by atoms with Crippen molar-refractivity contribution in [3.8, 4) is 0 Å². The highest BCUT2D eigenvalue weighted by Gasteiger charge is 2.26. The number of piperidine rings is 1. The lowest BCUT2D eigenvalue weighted by Crippen LogP contribution is -2.50. The fourth-order valence-electron chi connectivity index (χ4n) is 3.38. The molecule has 2 rings (SSSR count). The second kappa shape index (κ2) is 11.9. The summed E-state index contributed by atoms with van der Waals surface area (Å²) >= 11 is 0. The number of carbonyl (C=O) groups excluding carboxylic acids is 2. The number of hydrogen-bond donors (Lipinski definition) is 3. The van der Waals surface area contributed by atoms with Gasteiger partial charge in [-0.05, 0) is 25.7 Å². The molecule has 8 heteroatoms. The average molecular weight is 369 g/mol. The van der Waals surface area contributed by atoms with Crippen LogP contribution < -0.4 is 16.4 Å². The number of carbonyl (C=O) groups is 2. The van der Waals surface area contributed by atoms with Crippen molar-refractivity contribution in [2.75, 3.05) is 26.2 Å². The molecule has 0 radical (unpaired) electrons. The molecule has 2 amide bonds. The van der Waals surface area contributed by atoms with Gasteiger partial charge in [-0.1, -0.05) is 19.3 Å². The lowest BCUT2D eigenvalue weighted by atomic mass is 9.92. The van der Waals surface area contributed by atoms with Crippen molar-refractivity contribution in [1.82, 2.24) is 15.5 Å². The Balaban J connectivity index is 0.00000242. The van der Waals surface area contributed by atoms with Gasteiger partial charge in [-0.3, -0.25) is 9.59 Å². The third kappa shape index (κ3) is 7.70. The molecule has 0 bridgehead atoms. The van der Waals surface area contributed by atoms with Crippen molar-refractivity contribution >= 4 is 36.6 Å². The van der Waals surface area contributed by atoms with Gasteiger partial charge in [-0.2, -0.15) is 0 Å². The van der Waals surface area contributed by atoms with E-state index in [1.165, 1.54) is 32.1 Å². The highest BCUT2D eigenvalue weighted by Crippen LogP contribution is 2.25. The van der Waals surface area contributed by atoms with Crippen LogP contribution in [0.5, 0.6) is 0 Å². The number of amides is 2. The molecule has 23 heavy (non-hydrogen) atoms. The Bertz CT molecular complexity index is 357. The van der Waals surface area contributed by atoms with Gasteiger partial charge >= 0.3 is 0 Å². The lowest BCUT2D eigenvalue weighted by Gasteiger charge is -2.39. The number of nitrogens with one attached hydrogen (secondary N) is 2. The second-order valence-corrected chi connectivity index (χ2v) is 6.15. The zero-order valence-corrected chi connectivity index (χ0v) is 15.2. The van der Waals surface area contributed by atoms with Gasteiger partial charge in [-0.25, -0.2) is 0 Å². The smallest absolute Gasteiger partial charge is 0.239 e. The predicted molar refractivity (Wildman–Crippen MR) is 96.2 cm³/mol. The van der Waals surface area contributed by atoms with Crippen LogP contribution in [0.25, 0.3) is 0 Å². The molecule has 0 spiro atoms. The summed E-state index contributed by atoms with van der Waals surface area (Å²) in [5, 5.41) is 5.50. The molecule has 6 nitrogen and oxygen atoms in total. The maximum atomic E-state index is 11.7. The summed E-state index contributed by atoms with van der Waals surface area (Å²) in [4.78, 5) is 25.3. The minimum absolute atomic E-state index is 0. The van der Waals surface area contributed by atoms with Gasteiger partial charge in [0, 0.05) is 25.2 Å². The van der Waals surface area contributed by atoms with Crippen molar-refractivity contribution in [2.45, 2.75) is 57.0 Å². The molecule has 136 valence electrons. The van der Waals surface area contributed by atoms with E-state index in [4.69, 9.17) is 5.73 Å². The molecule has 0 unspecified atom stereocenters. The molecule has 4 N–H and O–H groups in total. The van der Waals surface area contributed by atoms with Crippen molar-refractivity contribution < 1.29 is 9.59 Å². The van der Waals surface area contributed by atoms with Gasteiger partial charge in [0.2, 0.25) is 11.8 Å². The monoisotopic (exact) mass is 368 g/mol. The van der Waals surface area contributed by atoms with Crippen LogP contribution in [0.15, 0.2) is 0 Å². The third-order valence-corrected chi connectivity index (χ3v) is 4.62. The van der Waals surface area contributed by atoms with E-state index in [9.17, 15) is 9.59 Å².